The van der Waals surface area contributed by atoms with E-state index in [-0.39, 0.29) is 18.4 Å². The standard InChI is InChI=1S/C25H28N4O4S/c1-17-26-22-14-19(6-7-23(22)34-17)33-16-18(30)15-28-10-8-27(9-11-28)12-13-29-24(31)20-4-2-3-5-21(20)25(29)32/h2-7,14,18,30H,8-13,15-16H2,1H3. The molecular formula is C25H28N4O4S. The van der Waals surface area contributed by atoms with Crippen LogP contribution in [0.2, 0.25) is 0 Å². The lowest BCUT2D eigenvalue weighted by atomic mass is 10.1. The van der Waals surface area contributed by atoms with Gasteiger partial charge in [-0.05, 0) is 31.2 Å². The molecule has 2 aromatic carbocycles. The molecule has 1 aromatic heterocycles. The van der Waals surface area contributed by atoms with Crippen molar-refractivity contribution in [2.24, 2.45) is 0 Å². The first-order valence-electron chi connectivity index (χ1n) is 11.6. The lowest BCUT2D eigenvalue weighted by Crippen LogP contribution is -2.51. The Morgan fingerprint density at radius 3 is 2.38 bits per heavy atom. The van der Waals surface area contributed by atoms with E-state index in [9.17, 15) is 14.7 Å². The smallest absolute Gasteiger partial charge is 0.261 e. The zero-order valence-electron chi connectivity index (χ0n) is 19.1. The van der Waals surface area contributed by atoms with Crippen molar-refractivity contribution >= 4 is 33.4 Å². The fraction of sp³-hybridized carbons (Fsp3) is 0.400. The topological polar surface area (TPSA) is 86.2 Å². The molecule has 2 amide bonds. The molecule has 0 bridgehead atoms. The number of aryl methyl sites for hydroxylation is 1. The number of nitrogens with zero attached hydrogens (tertiary/aromatic N) is 4. The van der Waals surface area contributed by atoms with E-state index >= 15 is 0 Å². The molecular weight excluding hydrogens is 452 g/mol. The summed E-state index contributed by atoms with van der Waals surface area (Å²) in [6.45, 7) is 7.12. The second-order valence-electron chi connectivity index (χ2n) is 8.78. The van der Waals surface area contributed by atoms with E-state index in [1.54, 1.807) is 35.6 Å². The molecule has 1 unspecified atom stereocenters. The minimum Gasteiger partial charge on any atom is -0.491 e. The van der Waals surface area contributed by atoms with Crippen LogP contribution in [0.25, 0.3) is 10.2 Å². The van der Waals surface area contributed by atoms with Gasteiger partial charge in [0.2, 0.25) is 0 Å². The summed E-state index contributed by atoms with van der Waals surface area (Å²) in [5.74, 6) is 0.313. The number of aliphatic hydroxyl groups excluding tert-OH is 1. The van der Waals surface area contributed by atoms with E-state index in [4.69, 9.17) is 4.74 Å². The van der Waals surface area contributed by atoms with Gasteiger partial charge in [-0.15, -0.1) is 11.3 Å². The fourth-order valence-corrected chi connectivity index (χ4v) is 5.34. The second kappa shape index (κ2) is 9.79. The Kier molecular flexibility index (Phi) is 6.60. The highest BCUT2D eigenvalue weighted by Gasteiger charge is 2.35. The van der Waals surface area contributed by atoms with Gasteiger partial charge in [0, 0.05) is 51.9 Å². The molecule has 3 heterocycles. The van der Waals surface area contributed by atoms with Crippen LogP contribution >= 0.6 is 11.3 Å². The quantitative estimate of drug-likeness (QED) is 0.495. The maximum absolute atomic E-state index is 12.5. The number of thiazole rings is 1. The van der Waals surface area contributed by atoms with Gasteiger partial charge in [-0.25, -0.2) is 4.98 Å². The van der Waals surface area contributed by atoms with Crippen molar-refractivity contribution in [1.29, 1.82) is 0 Å². The number of piperazine rings is 1. The first-order valence-corrected chi connectivity index (χ1v) is 12.4. The third kappa shape index (κ3) is 4.83. The first-order chi connectivity index (χ1) is 16.5. The van der Waals surface area contributed by atoms with Gasteiger partial charge < -0.3 is 9.84 Å². The minimum atomic E-state index is -0.585. The van der Waals surface area contributed by atoms with Crippen LogP contribution in [0.4, 0.5) is 0 Å². The molecule has 2 aliphatic heterocycles. The van der Waals surface area contributed by atoms with E-state index in [2.05, 4.69) is 14.8 Å². The molecule has 1 saturated heterocycles. The molecule has 34 heavy (non-hydrogen) atoms. The molecule has 0 spiro atoms. The van der Waals surface area contributed by atoms with Gasteiger partial charge in [0.15, 0.2) is 0 Å². The number of aromatic nitrogens is 1. The number of rotatable bonds is 8. The Morgan fingerprint density at radius 1 is 1.00 bits per heavy atom. The van der Waals surface area contributed by atoms with Gasteiger partial charge in [-0.2, -0.15) is 0 Å². The number of amides is 2. The molecule has 178 valence electrons. The maximum Gasteiger partial charge on any atom is 0.261 e. The summed E-state index contributed by atoms with van der Waals surface area (Å²) in [6, 6.07) is 12.8. The number of imide groups is 1. The summed E-state index contributed by atoms with van der Waals surface area (Å²) in [4.78, 5) is 35.3. The molecule has 1 N–H and O–H groups in total. The van der Waals surface area contributed by atoms with Crippen LogP contribution in [0.3, 0.4) is 0 Å². The van der Waals surface area contributed by atoms with Gasteiger partial charge >= 0.3 is 0 Å². The Morgan fingerprint density at radius 2 is 1.68 bits per heavy atom. The van der Waals surface area contributed by atoms with E-state index in [0.717, 1.165) is 47.2 Å². The van der Waals surface area contributed by atoms with Crippen LogP contribution in [0, 0.1) is 6.92 Å². The summed E-state index contributed by atoms with van der Waals surface area (Å²) >= 11 is 1.65. The Balaban J connectivity index is 1.04. The van der Waals surface area contributed by atoms with Crippen molar-refractivity contribution < 1.29 is 19.4 Å². The number of fused-ring (bicyclic) bond motifs is 2. The minimum absolute atomic E-state index is 0.202. The monoisotopic (exact) mass is 480 g/mol. The highest BCUT2D eigenvalue weighted by atomic mass is 32.1. The molecule has 0 saturated carbocycles. The number of benzene rings is 2. The number of β-amino-alcohol motifs (C(OH)–C–C–N with tert-alkyl or cyclic N) is 1. The van der Waals surface area contributed by atoms with Crippen molar-refractivity contribution in [2.45, 2.75) is 13.0 Å². The molecule has 0 radical (unpaired) electrons. The van der Waals surface area contributed by atoms with Crippen molar-refractivity contribution in [3.05, 3.63) is 58.6 Å². The predicted molar refractivity (Wildman–Crippen MR) is 131 cm³/mol. The highest BCUT2D eigenvalue weighted by molar-refractivity contribution is 7.18. The van der Waals surface area contributed by atoms with E-state index in [0.29, 0.717) is 30.8 Å². The summed E-state index contributed by atoms with van der Waals surface area (Å²) in [6.07, 6.45) is -0.585. The van der Waals surface area contributed by atoms with Crippen molar-refractivity contribution in [1.82, 2.24) is 19.7 Å². The van der Waals surface area contributed by atoms with Crippen LogP contribution in [-0.2, 0) is 0 Å². The molecule has 3 aromatic rings. The zero-order chi connectivity index (χ0) is 23.7. The Bertz CT molecular complexity index is 1170. The number of hydrogen-bond acceptors (Lipinski definition) is 8. The molecule has 0 aliphatic carbocycles. The summed E-state index contributed by atoms with van der Waals surface area (Å²) in [5, 5.41) is 11.5. The Hall–Kier alpha value is -2.85. The van der Waals surface area contributed by atoms with Crippen LogP contribution in [-0.4, -0.2) is 95.1 Å². The summed E-state index contributed by atoms with van der Waals surface area (Å²) < 4.78 is 6.93. The second-order valence-corrected chi connectivity index (χ2v) is 10.0. The third-order valence-corrected chi connectivity index (χ3v) is 7.31. The van der Waals surface area contributed by atoms with E-state index in [1.165, 1.54) is 4.90 Å². The van der Waals surface area contributed by atoms with Crippen LogP contribution in [0.5, 0.6) is 5.75 Å². The highest BCUT2D eigenvalue weighted by Crippen LogP contribution is 2.26. The molecule has 9 heteroatoms. The normalized spacial score (nSPS) is 18.0. The van der Waals surface area contributed by atoms with Crippen LogP contribution in [0.15, 0.2) is 42.5 Å². The lowest BCUT2D eigenvalue weighted by molar-refractivity contribution is 0.0425. The van der Waals surface area contributed by atoms with Gasteiger partial charge in [0.1, 0.15) is 18.5 Å². The largest absolute Gasteiger partial charge is 0.491 e. The SMILES string of the molecule is Cc1nc2cc(OCC(O)CN3CCN(CCN4C(=O)c5ccccc5C4=O)CC3)ccc2s1. The summed E-state index contributed by atoms with van der Waals surface area (Å²) in [5.41, 5.74) is 1.91. The fourth-order valence-electron chi connectivity index (χ4n) is 4.53. The van der Waals surface area contributed by atoms with Crippen LogP contribution < -0.4 is 4.74 Å². The first kappa shape index (κ1) is 22.9. The van der Waals surface area contributed by atoms with Crippen molar-refractivity contribution in [2.75, 3.05) is 52.4 Å². The van der Waals surface area contributed by atoms with Gasteiger partial charge in [-0.1, -0.05) is 12.1 Å². The number of aliphatic hydroxyl groups is 1. The maximum atomic E-state index is 12.5. The molecule has 8 nitrogen and oxygen atoms in total. The van der Waals surface area contributed by atoms with Crippen LogP contribution in [0.1, 0.15) is 25.7 Å². The molecule has 1 atom stereocenters. The molecule has 1 fully saturated rings. The average molecular weight is 481 g/mol. The Labute approximate surface area is 202 Å². The van der Waals surface area contributed by atoms with Gasteiger partial charge in [0.25, 0.3) is 11.8 Å². The van der Waals surface area contributed by atoms with Gasteiger partial charge in [0.05, 0.1) is 26.4 Å². The average Bonchev–Trinajstić information content (AvgIpc) is 3.33. The number of carbonyl (C=O) groups excluding carboxylic acids is 2. The number of hydrogen-bond donors (Lipinski definition) is 1. The van der Waals surface area contributed by atoms with Crippen molar-refractivity contribution in [3.63, 3.8) is 0 Å². The summed E-state index contributed by atoms with van der Waals surface area (Å²) in [7, 11) is 0. The lowest BCUT2D eigenvalue weighted by Gasteiger charge is -2.36. The van der Waals surface area contributed by atoms with Crippen molar-refractivity contribution in [3.8, 4) is 5.75 Å². The zero-order valence-corrected chi connectivity index (χ0v) is 20.0. The van der Waals surface area contributed by atoms with E-state index in [1.807, 2.05) is 25.1 Å². The number of ether oxygens (including phenoxy) is 1. The number of carbonyl (C=O) groups is 2. The predicted octanol–water partition coefficient (Wildman–Crippen LogP) is 2.26. The van der Waals surface area contributed by atoms with E-state index < -0.39 is 6.10 Å². The third-order valence-electron chi connectivity index (χ3n) is 6.36. The molecule has 2 aliphatic rings. The molecule has 5 rings (SSSR count). The van der Waals surface area contributed by atoms with Gasteiger partial charge in [-0.3, -0.25) is 24.3 Å².